The van der Waals surface area contributed by atoms with E-state index in [1.807, 2.05) is 0 Å². The van der Waals surface area contributed by atoms with Gasteiger partial charge in [-0.05, 0) is 24.1 Å². The topological polar surface area (TPSA) is 66.0 Å². The van der Waals surface area contributed by atoms with Gasteiger partial charge < -0.3 is 10.1 Å². The van der Waals surface area contributed by atoms with Gasteiger partial charge in [-0.3, -0.25) is 0 Å². The standard InChI is InChI=1S/C17H12F6N2S.C2HF3O2/c18-11-6-12-15(14(20)13(11)19)25-16(24-12)9(7-26)5-8-1-3-10(4-2-8)17(21,22)23;3-2(4,5)1(6)7/h1-4,6,9,26H,5,7H2,(H,24,25);(H,6,7)/t9-;/m1./s1. The number of halogens is 9. The molecule has 0 saturated carbocycles. The van der Waals surface area contributed by atoms with Crippen molar-refractivity contribution in [3.63, 3.8) is 0 Å². The van der Waals surface area contributed by atoms with Gasteiger partial charge in [-0.25, -0.2) is 22.9 Å². The van der Waals surface area contributed by atoms with Crippen LogP contribution in [0.2, 0.25) is 0 Å². The van der Waals surface area contributed by atoms with Crippen LogP contribution in [0.5, 0.6) is 0 Å². The molecule has 0 radical (unpaired) electrons. The first-order chi connectivity index (χ1) is 15.1. The van der Waals surface area contributed by atoms with Crippen molar-refractivity contribution in [1.82, 2.24) is 9.97 Å². The number of aromatic amines is 1. The van der Waals surface area contributed by atoms with Crippen LogP contribution in [0.15, 0.2) is 30.3 Å². The van der Waals surface area contributed by atoms with Gasteiger partial charge in [0.25, 0.3) is 0 Å². The summed E-state index contributed by atoms with van der Waals surface area (Å²) in [7, 11) is 0. The molecule has 3 rings (SSSR count). The SMILES string of the molecule is Fc1cc2[nH]c([C@@H](CS)Cc3ccc(C(F)(F)F)cc3)nc2c(F)c1F.O=C(O)C(F)(F)F. The van der Waals surface area contributed by atoms with Crippen LogP contribution in [0.4, 0.5) is 39.5 Å². The lowest BCUT2D eigenvalue weighted by molar-refractivity contribution is -0.192. The summed E-state index contributed by atoms with van der Waals surface area (Å²) in [5.41, 5.74) is -0.510. The van der Waals surface area contributed by atoms with E-state index in [0.29, 0.717) is 5.56 Å². The number of thiol groups is 1. The van der Waals surface area contributed by atoms with Crippen LogP contribution in [0.3, 0.4) is 0 Å². The van der Waals surface area contributed by atoms with Gasteiger partial charge in [0.05, 0.1) is 11.1 Å². The van der Waals surface area contributed by atoms with Gasteiger partial charge in [-0.1, -0.05) is 12.1 Å². The number of H-pyrrole nitrogens is 1. The molecule has 1 heterocycles. The van der Waals surface area contributed by atoms with Crippen LogP contribution in [0, 0.1) is 17.5 Å². The minimum atomic E-state index is -5.08. The average Bonchev–Trinajstić information content (AvgIpc) is 3.13. The quantitative estimate of drug-likeness (QED) is 0.236. The van der Waals surface area contributed by atoms with Crippen molar-refractivity contribution in [3.05, 3.63) is 64.7 Å². The van der Waals surface area contributed by atoms with Crippen LogP contribution in [-0.2, 0) is 17.4 Å². The monoisotopic (exact) mass is 504 g/mol. The van der Waals surface area contributed by atoms with E-state index >= 15 is 0 Å². The Morgan fingerprint density at radius 2 is 1.58 bits per heavy atom. The third-order valence-electron chi connectivity index (χ3n) is 4.24. The molecule has 0 fully saturated rings. The van der Waals surface area contributed by atoms with E-state index in [9.17, 15) is 39.5 Å². The molecular weight excluding hydrogens is 491 g/mol. The molecule has 2 aromatic carbocycles. The predicted octanol–water partition coefficient (Wildman–Crippen LogP) is 5.89. The summed E-state index contributed by atoms with van der Waals surface area (Å²) in [6.45, 7) is 0. The lowest BCUT2D eigenvalue weighted by Crippen LogP contribution is -2.21. The molecule has 0 spiro atoms. The van der Waals surface area contributed by atoms with Gasteiger partial charge in [0, 0.05) is 17.7 Å². The van der Waals surface area contributed by atoms with Crippen molar-refractivity contribution >= 4 is 29.6 Å². The van der Waals surface area contributed by atoms with E-state index < -0.39 is 47.3 Å². The molecule has 14 heteroatoms. The number of hydrogen-bond donors (Lipinski definition) is 3. The van der Waals surface area contributed by atoms with E-state index in [4.69, 9.17) is 9.90 Å². The van der Waals surface area contributed by atoms with E-state index in [1.54, 1.807) is 0 Å². The molecule has 0 saturated heterocycles. The highest BCUT2D eigenvalue weighted by Crippen LogP contribution is 2.30. The largest absolute Gasteiger partial charge is 0.490 e. The molecule has 0 amide bonds. The number of nitrogens with one attached hydrogen (secondary N) is 1. The van der Waals surface area contributed by atoms with Crippen LogP contribution in [0.1, 0.15) is 22.9 Å². The zero-order valence-corrected chi connectivity index (χ0v) is 16.9. The summed E-state index contributed by atoms with van der Waals surface area (Å²) in [5.74, 6) is -7.02. The zero-order valence-electron chi connectivity index (χ0n) is 16.0. The molecule has 33 heavy (non-hydrogen) atoms. The normalized spacial score (nSPS) is 12.9. The predicted molar refractivity (Wildman–Crippen MR) is 101 cm³/mol. The van der Waals surface area contributed by atoms with Crippen molar-refractivity contribution in [2.75, 3.05) is 5.75 Å². The number of nitrogens with zero attached hydrogens (tertiary/aromatic N) is 1. The minimum absolute atomic E-state index is 0.00407. The molecular formula is C19H13F9N2O2S. The van der Waals surface area contributed by atoms with E-state index in [2.05, 4.69) is 22.6 Å². The highest BCUT2D eigenvalue weighted by atomic mass is 32.1. The van der Waals surface area contributed by atoms with Gasteiger partial charge >= 0.3 is 18.3 Å². The van der Waals surface area contributed by atoms with Gasteiger partial charge in [0.2, 0.25) is 0 Å². The Bertz CT molecular complexity index is 1130. The van der Waals surface area contributed by atoms with E-state index in [1.165, 1.54) is 12.1 Å². The Kier molecular flexibility index (Phi) is 7.93. The number of alkyl halides is 6. The molecule has 1 aromatic heterocycles. The molecule has 0 aliphatic carbocycles. The van der Waals surface area contributed by atoms with Crippen molar-refractivity contribution < 1.29 is 49.4 Å². The Morgan fingerprint density at radius 1 is 1.03 bits per heavy atom. The fraction of sp³-hybridized carbons (Fsp3) is 0.263. The number of aliphatic carboxylic acids is 1. The first-order valence-electron chi connectivity index (χ1n) is 8.75. The number of benzene rings is 2. The second kappa shape index (κ2) is 9.93. The van der Waals surface area contributed by atoms with Crippen LogP contribution in [0.25, 0.3) is 11.0 Å². The highest BCUT2D eigenvalue weighted by Gasteiger charge is 2.38. The number of carboxylic acids is 1. The Hall–Kier alpha value is -2.90. The average molecular weight is 504 g/mol. The molecule has 4 nitrogen and oxygen atoms in total. The summed E-state index contributed by atoms with van der Waals surface area (Å²) >= 11 is 4.19. The molecule has 2 N–H and O–H groups in total. The maximum absolute atomic E-state index is 13.8. The van der Waals surface area contributed by atoms with Crippen molar-refractivity contribution in [1.29, 1.82) is 0 Å². The van der Waals surface area contributed by atoms with Gasteiger partial charge in [-0.2, -0.15) is 39.0 Å². The maximum Gasteiger partial charge on any atom is 0.490 e. The second-order valence-electron chi connectivity index (χ2n) is 6.59. The van der Waals surface area contributed by atoms with Gasteiger partial charge in [0.15, 0.2) is 17.5 Å². The van der Waals surface area contributed by atoms with Crippen LogP contribution in [-0.4, -0.2) is 33.0 Å². The molecule has 180 valence electrons. The zero-order chi connectivity index (χ0) is 25.1. The number of hydrogen-bond acceptors (Lipinski definition) is 3. The molecule has 1 atom stereocenters. The van der Waals surface area contributed by atoms with Crippen molar-refractivity contribution in [2.24, 2.45) is 0 Å². The third kappa shape index (κ3) is 6.55. The summed E-state index contributed by atoms with van der Waals surface area (Å²) in [5, 5.41) is 7.12. The fourth-order valence-corrected chi connectivity index (χ4v) is 2.93. The Morgan fingerprint density at radius 3 is 2.03 bits per heavy atom. The molecule has 0 aliphatic heterocycles. The second-order valence-corrected chi connectivity index (χ2v) is 6.95. The third-order valence-corrected chi connectivity index (χ3v) is 4.69. The molecule has 3 aromatic rings. The smallest absolute Gasteiger partial charge is 0.475 e. The minimum Gasteiger partial charge on any atom is -0.475 e. The number of imidazole rings is 1. The number of fused-ring (bicyclic) bond motifs is 1. The van der Waals surface area contributed by atoms with Gasteiger partial charge in [0.1, 0.15) is 11.3 Å². The van der Waals surface area contributed by atoms with Crippen molar-refractivity contribution in [3.8, 4) is 0 Å². The Labute approximate surface area is 184 Å². The number of carbonyl (C=O) groups is 1. The maximum atomic E-state index is 13.8. The number of carboxylic acid groups (broad SMARTS) is 1. The van der Waals surface area contributed by atoms with E-state index in [-0.39, 0.29) is 29.0 Å². The molecule has 0 bridgehead atoms. The summed E-state index contributed by atoms with van der Waals surface area (Å²) < 4.78 is 110. The number of aromatic nitrogens is 2. The van der Waals surface area contributed by atoms with E-state index in [0.717, 1.165) is 18.2 Å². The summed E-state index contributed by atoms with van der Waals surface area (Å²) in [6, 6.07) is 5.41. The summed E-state index contributed by atoms with van der Waals surface area (Å²) in [4.78, 5) is 15.6. The first-order valence-corrected chi connectivity index (χ1v) is 9.38. The highest BCUT2D eigenvalue weighted by molar-refractivity contribution is 7.80. The lowest BCUT2D eigenvalue weighted by Gasteiger charge is -2.13. The van der Waals surface area contributed by atoms with Gasteiger partial charge in [-0.15, -0.1) is 0 Å². The molecule has 0 unspecified atom stereocenters. The summed E-state index contributed by atoms with van der Waals surface area (Å²) in [6.07, 6.45) is -9.24. The van der Waals surface area contributed by atoms with Crippen molar-refractivity contribution in [2.45, 2.75) is 24.7 Å². The Balaban J connectivity index is 0.000000479. The van der Waals surface area contributed by atoms with Crippen LogP contribution < -0.4 is 0 Å². The fourth-order valence-electron chi connectivity index (χ4n) is 2.63. The lowest BCUT2D eigenvalue weighted by atomic mass is 9.99. The first kappa shape index (κ1) is 26.4. The van der Waals surface area contributed by atoms with Crippen LogP contribution >= 0.6 is 12.6 Å². The molecule has 0 aliphatic rings. The number of rotatable bonds is 4.